The summed E-state index contributed by atoms with van der Waals surface area (Å²) < 4.78 is 5.00. The number of nitrogens with zero attached hydrogens (tertiary/aromatic N) is 1. The molecule has 0 atom stereocenters. The number of halogens is 1. The molecular weight excluding hydrogens is 430 g/mol. The normalized spacial score (nSPS) is 16.2. The molecule has 1 aliphatic carbocycles. The Morgan fingerprint density at radius 2 is 1.87 bits per heavy atom. The average Bonchev–Trinajstić information content (AvgIpc) is 3.19. The third kappa shape index (κ3) is 5.46. The standard InChI is InChI=1S/C25H29NO3S.ClH/c1-2-29-23(28)9-5-6-13-26-14-10-18(11-15-26)24-20-8-4-3-7-19(20)17-22(27)25-21(24)12-16-30-25;/h3-4,7-8,12,16H,2,5-6,9-11,13-15,17H2,1H3;1H. The Balaban J connectivity index is 0.00000272. The van der Waals surface area contributed by atoms with Gasteiger partial charge < -0.3 is 9.64 Å². The molecule has 166 valence electrons. The van der Waals surface area contributed by atoms with E-state index in [1.54, 1.807) is 11.3 Å². The summed E-state index contributed by atoms with van der Waals surface area (Å²) in [5.41, 5.74) is 6.29. The summed E-state index contributed by atoms with van der Waals surface area (Å²) in [6.07, 6.45) is 4.99. The van der Waals surface area contributed by atoms with Crippen LogP contribution in [0.25, 0.3) is 5.57 Å². The van der Waals surface area contributed by atoms with Crippen LogP contribution in [0.4, 0.5) is 0 Å². The second kappa shape index (κ2) is 11.1. The molecule has 2 aromatic rings. The van der Waals surface area contributed by atoms with Crippen LogP contribution in [0.15, 0.2) is 41.3 Å². The van der Waals surface area contributed by atoms with Crippen LogP contribution in [0.3, 0.4) is 0 Å². The number of thiophene rings is 1. The van der Waals surface area contributed by atoms with Crippen LogP contribution in [-0.2, 0) is 16.0 Å². The molecule has 1 saturated heterocycles. The predicted octanol–water partition coefficient (Wildman–Crippen LogP) is 5.54. The van der Waals surface area contributed by atoms with E-state index in [0.29, 0.717) is 19.4 Å². The lowest BCUT2D eigenvalue weighted by molar-refractivity contribution is -0.143. The fourth-order valence-electron chi connectivity index (χ4n) is 4.55. The molecule has 31 heavy (non-hydrogen) atoms. The molecule has 4 rings (SSSR count). The number of esters is 1. The Morgan fingerprint density at radius 1 is 1.10 bits per heavy atom. The minimum Gasteiger partial charge on any atom is -0.466 e. The lowest BCUT2D eigenvalue weighted by Crippen LogP contribution is -2.32. The number of carbonyl (C=O) groups is 2. The zero-order valence-corrected chi connectivity index (χ0v) is 19.7. The Labute approximate surface area is 194 Å². The van der Waals surface area contributed by atoms with Gasteiger partial charge in [-0.3, -0.25) is 9.59 Å². The van der Waals surface area contributed by atoms with Crippen molar-refractivity contribution in [1.29, 1.82) is 0 Å². The van der Waals surface area contributed by atoms with Crippen molar-refractivity contribution in [1.82, 2.24) is 4.90 Å². The maximum atomic E-state index is 12.8. The van der Waals surface area contributed by atoms with Crippen molar-refractivity contribution in [3.63, 3.8) is 0 Å². The summed E-state index contributed by atoms with van der Waals surface area (Å²) in [6, 6.07) is 10.5. The Kier molecular flexibility index (Phi) is 8.47. The lowest BCUT2D eigenvalue weighted by atomic mass is 9.87. The minimum absolute atomic E-state index is 0. The first-order valence-electron chi connectivity index (χ1n) is 11.0. The number of ether oxygens (including phenoxy) is 1. The van der Waals surface area contributed by atoms with Crippen LogP contribution in [0.1, 0.15) is 65.4 Å². The van der Waals surface area contributed by atoms with Crippen molar-refractivity contribution in [3.05, 3.63) is 62.9 Å². The van der Waals surface area contributed by atoms with E-state index in [9.17, 15) is 9.59 Å². The Morgan fingerprint density at radius 3 is 2.65 bits per heavy atom. The number of benzene rings is 1. The number of likely N-dealkylation sites (tertiary alicyclic amines) is 1. The molecule has 2 heterocycles. The summed E-state index contributed by atoms with van der Waals surface area (Å²) in [5, 5.41) is 2.05. The molecule has 6 heteroatoms. The molecule has 0 spiro atoms. The van der Waals surface area contributed by atoms with Gasteiger partial charge in [-0.25, -0.2) is 0 Å². The molecule has 0 amide bonds. The summed E-state index contributed by atoms with van der Waals surface area (Å²) >= 11 is 1.57. The van der Waals surface area contributed by atoms with Gasteiger partial charge in [0.15, 0.2) is 5.78 Å². The molecule has 0 unspecified atom stereocenters. The van der Waals surface area contributed by atoms with Crippen LogP contribution in [0.2, 0.25) is 0 Å². The number of carbonyl (C=O) groups excluding carboxylic acids is 2. The van der Waals surface area contributed by atoms with Crippen molar-refractivity contribution in [2.24, 2.45) is 0 Å². The number of hydrogen-bond donors (Lipinski definition) is 0. The third-order valence-electron chi connectivity index (χ3n) is 6.05. The summed E-state index contributed by atoms with van der Waals surface area (Å²) in [5.74, 6) is 0.151. The van der Waals surface area contributed by atoms with Crippen LogP contribution in [-0.4, -0.2) is 42.9 Å². The van der Waals surface area contributed by atoms with Crippen LogP contribution < -0.4 is 0 Å². The molecule has 1 aromatic heterocycles. The van der Waals surface area contributed by atoms with Crippen molar-refractivity contribution in [2.75, 3.05) is 26.2 Å². The zero-order chi connectivity index (χ0) is 20.9. The molecule has 0 bridgehead atoms. The molecular formula is C25H30ClNO3S. The fraction of sp³-hybridized carbons (Fsp3) is 0.440. The largest absolute Gasteiger partial charge is 0.466 e. The van der Waals surface area contributed by atoms with E-state index < -0.39 is 0 Å². The molecule has 1 fully saturated rings. The number of ketones is 1. The first-order chi connectivity index (χ1) is 14.7. The van der Waals surface area contributed by atoms with Gasteiger partial charge in [0.2, 0.25) is 0 Å². The van der Waals surface area contributed by atoms with E-state index >= 15 is 0 Å². The van der Waals surface area contributed by atoms with Gasteiger partial charge in [0.1, 0.15) is 0 Å². The van der Waals surface area contributed by atoms with Crippen LogP contribution in [0, 0.1) is 0 Å². The highest BCUT2D eigenvalue weighted by Gasteiger charge is 2.27. The number of fused-ring (bicyclic) bond motifs is 2. The van der Waals surface area contributed by atoms with E-state index in [1.165, 1.54) is 16.7 Å². The van der Waals surface area contributed by atoms with Gasteiger partial charge in [-0.05, 0) is 67.3 Å². The molecule has 4 nitrogen and oxygen atoms in total. The molecule has 0 radical (unpaired) electrons. The van der Waals surface area contributed by atoms with E-state index in [4.69, 9.17) is 4.74 Å². The summed E-state index contributed by atoms with van der Waals surface area (Å²) in [7, 11) is 0. The quantitative estimate of drug-likeness (QED) is 0.420. The maximum absolute atomic E-state index is 12.8. The highest BCUT2D eigenvalue weighted by atomic mass is 35.5. The summed E-state index contributed by atoms with van der Waals surface area (Å²) in [4.78, 5) is 27.7. The van der Waals surface area contributed by atoms with Crippen molar-refractivity contribution < 1.29 is 14.3 Å². The summed E-state index contributed by atoms with van der Waals surface area (Å²) in [6.45, 7) is 5.41. The van der Waals surface area contributed by atoms with E-state index in [2.05, 4.69) is 34.5 Å². The van der Waals surface area contributed by atoms with Gasteiger partial charge in [-0.2, -0.15) is 0 Å². The average molecular weight is 460 g/mol. The molecule has 1 aromatic carbocycles. The molecule has 1 aliphatic heterocycles. The van der Waals surface area contributed by atoms with Gasteiger partial charge in [-0.15, -0.1) is 23.7 Å². The highest BCUT2D eigenvalue weighted by Crippen LogP contribution is 2.40. The smallest absolute Gasteiger partial charge is 0.305 e. The van der Waals surface area contributed by atoms with Crippen LogP contribution in [0.5, 0.6) is 0 Å². The predicted molar refractivity (Wildman–Crippen MR) is 128 cm³/mol. The van der Waals surface area contributed by atoms with Gasteiger partial charge in [0, 0.05) is 31.5 Å². The number of Topliss-reactive ketones (excluding diaryl/α,β-unsaturated/α-hetero) is 1. The fourth-order valence-corrected chi connectivity index (χ4v) is 5.40. The number of unbranched alkanes of at least 4 members (excludes halogenated alkanes) is 1. The second-order valence-corrected chi connectivity index (χ2v) is 8.92. The van der Waals surface area contributed by atoms with Gasteiger partial charge in [0.25, 0.3) is 0 Å². The van der Waals surface area contributed by atoms with E-state index in [1.807, 2.05) is 13.0 Å². The SMILES string of the molecule is CCOC(=O)CCCCN1CCC(=C2c3ccccc3CC(=O)c3sccc32)CC1.Cl. The maximum Gasteiger partial charge on any atom is 0.305 e. The van der Waals surface area contributed by atoms with Crippen molar-refractivity contribution >= 4 is 41.1 Å². The van der Waals surface area contributed by atoms with Crippen molar-refractivity contribution in [3.8, 4) is 0 Å². The van der Waals surface area contributed by atoms with Crippen LogP contribution >= 0.6 is 23.7 Å². The Bertz CT molecular complexity index is 955. The minimum atomic E-state index is -0.0868. The second-order valence-electron chi connectivity index (χ2n) is 8.00. The van der Waals surface area contributed by atoms with Gasteiger partial charge in [0.05, 0.1) is 11.5 Å². The number of hydrogen-bond acceptors (Lipinski definition) is 5. The Hall–Kier alpha value is -1.95. The number of piperidine rings is 1. The zero-order valence-electron chi connectivity index (χ0n) is 18.0. The van der Waals surface area contributed by atoms with E-state index in [0.717, 1.165) is 61.3 Å². The molecule has 0 N–H and O–H groups in total. The molecule has 0 saturated carbocycles. The first-order valence-corrected chi connectivity index (χ1v) is 11.8. The van der Waals surface area contributed by atoms with E-state index in [-0.39, 0.29) is 24.2 Å². The molecule has 2 aliphatic rings. The first kappa shape index (κ1) is 23.7. The number of rotatable bonds is 6. The van der Waals surface area contributed by atoms with Crippen molar-refractivity contribution in [2.45, 2.75) is 45.4 Å². The topological polar surface area (TPSA) is 46.6 Å². The monoisotopic (exact) mass is 459 g/mol. The highest BCUT2D eigenvalue weighted by molar-refractivity contribution is 7.12. The van der Waals surface area contributed by atoms with Gasteiger partial charge in [-0.1, -0.05) is 29.8 Å². The third-order valence-corrected chi connectivity index (χ3v) is 7.00. The lowest BCUT2D eigenvalue weighted by Gasteiger charge is -2.30. The van der Waals surface area contributed by atoms with Gasteiger partial charge >= 0.3 is 5.97 Å².